The van der Waals surface area contributed by atoms with Crippen molar-refractivity contribution in [3.63, 3.8) is 0 Å². The Morgan fingerprint density at radius 2 is 1.55 bits per heavy atom. The lowest BCUT2D eigenvalue weighted by Crippen LogP contribution is -2.59. The van der Waals surface area contributed by atoms with E-state index in [9.17, 15) is 24.0 Å². The number of hydrogen-bond donors (Lipinski definition) is 3. The maximum Gasteiger partial charge on any atom is 0.408 e. The number of Topliss-reactive ketones (excluding diaryl/α,β-unsaturated/α-hetero) is 1. The highest BCUT2D eigenvalue weighted by Crippen LogP contribution is 2.34. The van der Waals surface area contributed by atoms with Gasteiger partial charge in [0, 0.05) is 6.54 Å². The first-order chi connectivity index (χ1) is 17.6. The number of carbonyl (C=O) groups is 5. The van der Waals surface area contributed by atoms with E-state index >= 15 is 0 Å². The predicted octanol–water partition coefficient (Wildman–Crippen LogP) is 2.92. The van der Waals surface area contributed by atoms with Gasteiger partial charge in [-0.05, 0) is 70.1 Å². The van der Waals surface area contributed by atoms with E-state index in [4.69, 9.17) is 10.5 Å². The minimum absolute atomic E-state index is 0.0273. The maximum atomic E-state index is 14.1. The lowest BCUT2D eigenvalue weighted by molar-refractivity contribution is -0.144. The molecule has 0 spiro atoms. The van der Waals surface area contributed by atoms with Gasteiger partial charge in [-0.2, -0.15) is 0 Å². The first-order valence-electron chi connectivity index (χ1n) is 14.1. The van der Waals surface area contributed by atoms with Crippen LogP contribution in [-0.2, 0) is 23.9 Å². The Balaban J connectivity index is 2.35. The van der Waals surface area contributed by atoms with Crippen LogP contribution in [0.25, 0.3) is 0 Å². The van der Waals surface area contributed by atoms with Crippen molar-refractivity contribution in [3.8, 4) is 0 Å². The molecule has 10 heteroatoms. The quantitative estimate of drug-likeness (QED) is 0.366. The smallest absolute Gasteiger partial charge is 0.408 e. The summed E-state index contributed by atoms with van der Waals surface area (Å²) in [7, 11) is 0. The Morgan fingerprint density at radius 3 is 2.05 bits per heavy atom. The van der Waals surface area contributed by atoms with E-state index in [0.717, 1.165) is 32.1 Å². The van der Waals surface area contributed by atoms with Crippen LogP contribution < -0.4 is 16.4 Å². The van der Waals surface area contributed by atoms with Gasteiger partial charge in [-0.1, -0.05) is 47.0 Å². The van der Waals surface area contributed by atoms with E-state index < -0.39 is 47.4 Å². The number of rotatable bonds is 10. The van der Waals surface area contributed by atoms with Crippen LogP contribution in [0.4, 0.5) is 4.79 Å². The summed E-state index contributed by atoms with van der Waals surface area (Å²) < 4.78 is 5.46. The van der Waals surface area contributed by atoms with Crippen molar-refractivity contribution in [2.24, 2.45) is 29.4 Å². The molecule has 1 heterocycles. The van der Waals surface area contributed by atoms with Crippen LogP contribution in [0.15, 0.2) is 0 Å². The highest BCUT2D eigenvalue weighted by molar-refractivity contribution is 6.37. The van der Waals surface area contributed by atoms with Crippen molar-refractivity contribution in [1.29, 1.82) is 0 Å². The highest BCUT2D eigenvalue weighted by Gasteiger charge is 2.47. The van der Waals surface area contributed by atoms with Gasteiger partial charge in [0.2, 0.25) is 17.6 Å². The molecule has 0 aromatic carbocycles. The number of nitrogens with one attached hydrogen (secondary N) is 2. The maximum absolute atomic E-state index is 14.1. The number of ether oxygens (including phenoxy) is 1. The predicted molar refractivity (Wildman–Crippen MR) is 144 cm³/mol. The Morgan fingerprint density at radius 1 is 0.947 bits per heavy atom. The normalized spacial score (nSPS) is 22.2. The second kappa shape index (κ2) is 13.4. The Hall–Kier alpha value is -2.65. The molecular weight excluding hydrogens is 488 g/mol. The van der Waals surface area contributed by atoms with E-state index in [1.807, 2.05) is 27.7 Å². The lowest BCUT2D eigenvalue weighted by Gasteiger charge is -2.36. The Bertz CT molecular complexity index is 875. The summed E-state index contributed by atoms with van der Waals surface area (Å²) >= 11 is 0. The molecule has 1 aliphatic carbocycles. The summed E-state index contributed by atoms with van der Waals surface area (Å²) in [5.74, 6) is -2.83. The number of amides is 4. The zero-order valence-electron chi connectivity index (χ0n) is 24.2. The first-order valence-corrected chi connectivity index (χ1v) is 14.1. The zero-order chi connectivity index (χ0) is 28.8. The Kier molecular flexibility index (Phi) is 11.2. The summed E-state index contributed by atoms with van der Waals surface area (Å²) in [6, 6.07) is -2.70. The van der Waals surface area contributed by atoms with Gasteiger partial charge in [-0.25, -0.2) is 4.79 Å². The van der Waals surface area contributed by atoms with Crippen LogP contribution in [0.3, 0.4) is 0 Å². The molecule has 216 valence electrons. The molecule has 0 aromatic rings. The molecule has 0 aromatic heterocycles. The number of nitrogens with zero attached hydrogens (tertiary/aromatic N) is 1. The number of carbonyl (C=O) groups excluding carboxylic acids is 5. The molecule has 2 rings (SSSR count). The third-order valence-corrected chi connectivity index (χ3v) is 7.50. The molecule has 10 nitrogen and oxygen atoms in total. The lowest BCUT2D eigenvalue weighted by atomic mass is 9.83. The summed E-state index contributed by atoms with van der Waals surface area (Å²) in [6.07, 6.45) is 4.83. The van der Waals surface area contributed by atoms with Crippen molar-refractivity contribution in [1.82, 2.24) is 15.5 Å². The van der Waals surface area contributed by atoms with E-state index in [0.29, 0.717) is 13.0 Å². The molecule has 4 amide bonds. The van der Waals surface area contributed by atoms with Crippen molar-refractivity contribution in [2.45, 2.75) is 117 Å². The average Bonchev–Trinajstić information content (AvgIpc) is 3.26. The van der Waals surface area contributed by atoms with Gasteiger partial charge in [-0.15, -0.1) is 0 Å². The zero-order valence-corrected chi connectivity index (χ0v) is 24.2. The van der Waals surface area contributed by atoms with Crippen LogP contribution >= 0.6 is 0 Å². The molecule has 1 aliphatic heterocycles. The summed E-state index contributed by atoms with van der Waals surface area (Å²) in [5.41, 5.74) is 4.53. The molecule has 2 fully saturated rings. The minimum Gasteiger partial charge on any atom is -0.444 e. The molecule has 1 saturated carbocycles. The van der Waals surface area contributed by atoms with E-state index in [1.165, 1.54) is 0 Å². The number of alkyl carbamates (subject to hydrolysis) is 1. The third kappa shape index (κ3) is 8.70. The summed E-state index contributed by atoms with van der Waals surface area (Å²) in [5, 5.41) is 5.56. The molecule has 1 saturated heterocycles. The van der Waals surface area contributed by atoms with Crippen LogP contribution in [0.1, 0.15) is 93.4 Å². The number of ketones is 1. The van der Waals surface area contributed by atoms with Gasteiger partial charge >= 0.3 is 6.09 Å². The van der Waals surface area contributed by atoms with Gasteiger partial charge in [0.05, 0.1) is 6.04 Å². The van der Waals surface area contributed by atoms with Crippen molar-refractivity contribution in [2.75, 3.05) is 6.54 Å². The number of hydrogen-bond acceptors (Lipinski definition) is 6. The topological polar surface area (TPSA) is 148 Å². The molecule has 0 radical (unpaired) electrons. The molecule has 1 unspecified atom stereocenters. The fourth-order valence-electron chi connectivity index (χ4n) is 5.69. The fraction of sp³-hybridized carbons (Fsp3) is 0.821. The van der Waals surface area contributed by atoms with Gasteiger partial charge in [-0.3, -0.25) is 19.2 Å². The molecule has 4 atom stereocenters. The molecule has 38 heavy (non-hydrogen) atoms. The number of likely N-dealkylation sites (tertiary alicyclic amines) is 1. The Labute approximate surface area is 227 Å². The third-order valence-electron chi connectivity index (χ3n) is 7.50. The van der Waals surface area contributed by atoms with Gasteiger partial charge in [0.15, 0.2) is 0 Å². The van der Waals surface area contributed by atoms with E-state index in [-0.39, 0.29) is 36.0 Å². The van der Waals surface area contributed by atoms with E-state index in [1.54, 1.807) is 25.7 Å². The van der Waals surface area contributed by atoms with Crippen LogP contribution in [0, 0.1) is 23.7 Å². The number of nitrogens with two attached hydrogens (primary N) is 1. The van der Waals surface area contributed by atoms with Crippen molar-refractivity contribution < 1.29 is 28.7 Å². The van der Waals surface area contributed by atoms with E-state index in [2.05, 4.69) is 10.6 Å². The van der Waals surface area contributed by atoms with Crippen LogP contribution in [-0.4, -0.2) is 64.8 Å². The average molecular weight is 537 g/mol. The molecular formula is C28H48N4O6. The van der Waals surface area contributed by atoms with Crippen molar-refractivity contribution in [3.05, 3.63) is 0 Å². The standard InChI is InChI=1S/C28H48N4O6/c1-16(2)15-20(23(33)24(29)34)30-25(35)22-19(17(3)4)13-14-32(22)26(36)21(18-11-9-8-10-12-18)31-27(37)38-28(5,6)7/h16-22H,8-15H2,1-7H3,(H2,29,34)(H,30,35)(H,31,37)/t19-,20?,21+,22+/m1/s1. The number of primary amides is 1. The highest BCUT2D eigenvalue weighted by atomic mass is 16.6. The molecule has 2 aliphatic rings. The molecule has 0 bridgehead atoms. The van der Waals surface area contributed by atoms with Gasteiger partial charge in [0.1, 0.15) is 17.7 Å². The van der Waals surface area contributed by atoms with Crippen molar-refractivity contribution >= 4 is 29.6 Å². The monoisotopic (exact) mass is 536 g/mol. The summed E-state index contributed by atoms with van der Waals surface area (Å²) in [6.45, 7) is 13.4. The fourth-order valence-corrected chi connectivity index (χ4v) is 5.69. The van der Waals surface area contributed by atoms with Gasteiger partial charge < -0.3 is 26.0 Å². The molecule has 4 N–H and O–H groups in total. The largest absolute Gasteiger partial charge is 0.444 e. The second-order valence-electron chi connectivity index (χ2n) is 12.6. The van der Waals surface area contributed by atoms with Gasteiger partial charge in [0.25, 0.3) is 5.91 Å². The first kappa shape index (κ1) is 31.6. The SMILES string of the molecule is CC(C)CC(NC(=O)[C@@H]1[C@@H](C(C)C)CCN1C(=O)[C@@H](NC(=O)OC(C)(C)C)C1CCCCC1)C(=O)C(N)=O. The summed E-state index contributed by atoms with van der Waals surface area (Å²) in [4.78, 5) is 66.2. The minimum atomic E-state index is -1.10. The van der Waals surface area contributed by atoms with Crippen LogP contribution in [0.2, 0.25) is 0 Å². The second-order valence-corrected chi connectivity index (χ2v) is 12.6. The van der Waals surface area contributed by atoms with Crippen LogP contribution in [0.5, 0.6) is 0 Å².